The maximum absolute atomic E-state index is 2.41. The number of nitrogens with zero attached hydrogens (tertiary/aromatic N) is 2. The van der Waals surface area contributed by atoms with Crippen molar-refractivity contribution >= 4 is 38.9 Å². The van der Waals surface area contributed by atoms with Crippen LogP contribution in [0.5, 0.6) is 0 Å². The van der Waals surface area contributed by atoms with E-state index >= 15 is 0 Å². The summed E-state index contributed by atoms with van der Waals surface area (Å²) in [5.74, 6) is 0. The number of hydrogen-bond donors (Lipinski definition) is 0. The maximum Gasteiger partial charge on any atom is 0.0619 e. The van der Waals surface area contributed by atoms with Gasteiger partial charge < -0.3 is 9.47 Å². The van der Waals surface area contributed by atoms with E-state index in [0.29, 0.717) is 0 Å². The highest BCUT2D eigenvalue weighted by Gasteiger charge is 2.18. The average Bonchev–Trinajstić information content (AvgIpc) is 3.70. The molecule has 0 aliphatic heterocycles. The number of fused-ring (bicyclic) bond motifs is 3. The topological polar surface area (TPSA) is 8.17 Å². The van der Waals surface area contributed by atoms with Crippen molar-refractivity contribution in [2.75, 3.05) is 4.90 Å². The third kappa shape index (κ3) is 6.84. The first-order valence-corrected chi connectivity index (χ1v) is 21.3. The molecule has 1 heterocycles. The number of para-hydroxylation sites is 3. The van der Waals surface area contributed by atoms with Crippen molar-refractivity contribution in [3.63, 3.8) is 0 Å². The molecule has 0 aliphatic rings. The molecule has 2 heteroatoms. The second-order valence-electron chi connectivity index (χ2n) is 15.7. The van der Waals surface area contributed by atoms with Crippen molar-refractivity contribution in [3.05, 3.63) is 255 Å². The average molecular weight is 791 g/mol. The molecule has 0 radical (unpaired) electrons. The summed E-state index contributed by atoms with van der Waals surface area (Å²) in [7, 11) is 0. The van der Waals surface area contributed by atoms with Gasteiger partial charge in [0.05, 0.1) is 11.0 Å². The molecule has 0 saturated heterocycles. The van der Waals surface area contributed by atoms with Crippen LogP contribution in [0.3, 0.4) is 0 Å². The van der Waals surface area contributed by atoms with Gasteiger partial charge in [-0.15, -0.1) is 0 Å². The quantitative estimate of drug-likeness (QED) is 0.141. The van der Waals surface area contributed by atoms with E-state index in [0.717, 1.165) is 22.7 Å². The summed E-state index contributed by atoms with van der Waals surface area (Å²) in [5.41, 5.74) is 18.8. The lowest BCUT2D eigenvalue weighted by Crippen LogP contribution is -2.09. The molecule has 0 fully saturated rings. The Morgan fingerprint density at radius 1 is 0.258 bits per heavy atom. The molecule has 0 saturated carbocycles. The van der Waals surface area contributed by atoms with Crippen LogP contribution in [0.2, 0.25) is 0 Å². The SMILES string of the molecule is c1ccc(-c2ccc(N(c3ccc(-c4ccc(-c5ccccc5)c(-c5ccccc5)c4)cc3)c3ccc(-c4cccc5c6ccccc6n(-c6ccccc6)c45)cc3)cc2)cc1. The molecule has 0 N–H and O–H groups in total. The van der Waals surface area contributed by atoms with E-state index in [1.54, 1.807) is 0 Å². The van der Waals surface area contributed by atoms with Crippen molar-refractivity contribution in [1.82, 2.24) is 4.57 Å². The van der Waals surface area contributed by atoms with E-state index in [-0.39, 0.29) is 0 Å². The van der Waals surface area contributed by atoms with Gasteiger partial charge in [-0.1, -0.05) is 194 Å². The number of aromatic nitrogens is 1. The van der Waals surface area contributed by atoms with Gasteiger partial charge in [0, 0.05) is 39.1 Å². The highest BCUT2D eigenvalue weighted by Crippen LogP contribution is 2.42. The lowest BCUT2D eigenvalue weighted by atomic mass is 9.91. The highest BCUT2D eigenvalue weighted by atomic mass is 15.1. The molecule has 292 valence electrons. The Morgan fingerprint density at radius 2 is 0.677 bits per heavy atom. The third-order valence-corrected chi connectivity index (χ3v) is 12.0. The summed E-state index contributed by atoms with van der Waals surface area (Å²) in [6.07, 6.45) is 0. The van der Waals surface area contributed by atoms with Gasteiger partial charge in [0.1, 0.15) is 0 Å². The third-order valence-electron chi connectivity index (χ3n) is 12.0. The largest absolute Gasteiger partial charge is 0.311 e. The van der Waals surface area contributed by atoms with Gasteiger partial charge in [0.15, 0.2) is 0 Å². The molecule has 0 amide bonds. The van der Waals surface area contributed by atoms with Gasteiger partial charge in [-0.2, -0.15) is 0 Å². The Labute approximate surface area is 362 Å². The van der Waals surface area contributed by atoms with Gasteiger partial charge in [-0.05, 0) is 111 Å². The molecule has 1 aromatic heterocycles. The lowest BCUT2D eigenvalue weighted by molar-refractivity contribution is 1.18. The highest BCUT2D eigenvalue weighted by molar-refractivity contribution is 6.13. The Bertz CT molecular complexity index is 3280. The summed E-state index contributed by atoms with van der Waals surface area (Å²) in [5, 5.41) is 2.50. The fraction of sp³-hybridized carbons (Fsp3) is 0. The van der Waals surface area contributed by atoms with Crippen molar-refractivity contribution in [1.29, 1.82) is 0 Å². The molecule has 0 atom stereocenters. The molecule has 11 rings (SSSR count). The van der Waals surface area contributed by atoms with E-state index in [9.17, 15) is 0 Å². The molecular formula is C60H42N2. The molecule has 10 aromatic carbocycles. The molecule has 11 aromatic rings. The van der Waals surface area contributed by atoms with Crippen LogP contribution in [0, 0.1) is 0 Å². The van der Waals surface area contributed by atoms with Crippen molar-refractivity contribution < 1.29 is 0 Å². The van der Waals surface area contributed by atoms with Crippen LogP contribution >= 0.6 is 0 Å². The second-order valence-corrected chi connectivity index (χ2v) is 15.7. The van der Waals surface area contributed by atoms with Gasteiger partial charge >= 0.3 is 0 Å². The first-order chi connectivity index (χ1) is 30.8. The van der Waals surface area contributed by atoms with Gasteiger partial charge in [0.2, 0.25) is 0 Å². The zero-order chi connectivity index (χ0) is 41.2. The molecule has 0 bridgehead atoms. The van der Waals surface area contributed by atoms with E-state index in [1.165, 1.54) is 77.4 Å². The maximum atomic E-state index is 2.41. The van der Waals surface area contributed by atoms with Crippen LogP contribution in [0.25, 0.3) is 83.1 Å². The zero-order valence-corrected chi connectivity index (χ0v) is 34.1. The lowest BCUT2D eigenvalue weighted by Gasteiger charge is -2.26. The van der Waals surface area contributed by atoms with Gasteiger partial charge in [-0.25, -0.2) is 0 Å². The van der Waals surface area contributed by atoms with E-state index in [1.807, 2.05) is 0 Å². The fourth-order valence-corrected chi connectivity index (χ4v) is 9.02. The van der Waals surface area contributed by atoms with Crippen LogP contribution in [0.4, 0.5) is 17.1 Å². The number of benzene rings is 10. The van der Waals surface area contributed by atoms with Crippen LogP contribution < -0.4 is 4.90 Å². The predicted molar refractivity (Wildman–Crippen MR) is 263 cm³/mol. The van der Waals surface area contributed by atoms with Crippen molar-refractivity contribution in [2.24, 2.45) is 0 Å². The molecule has 0 aliphatic carbocycles. The minimum absolute atomic E-state index is 1.09. The van der Waals surface area contributed by atoms with E-state index in [2.05, 4.69) is 264 Å². The minimum Gasteiger partial charge on any atom is -0.311 e. The number of anilines is 3. The Balaban J connectivity index is 0.998. The predicted octanol–water partition coefficient (Wildman–Crippen LogP) is 16.6. The van der Waals surface area contributed by atoms with Crippen molar-refractivity contribution in [2.45, 2.75) is 0 Å². The van der Waals surface area contributed by atoms with Crippen LogP contribution in [-0.2, 0) is 0 Å². The standard InChI is InChI=1S/C60H42N2/c1-5-16-43(17-6-1)44-28-35-51(36-29-44)61(52-37-30-45(31-38-52)49-34-41-54(46-18-7-2-8-19-46)58(42-49)47-20-9-3-10-21-47)53-39-32-48(33-40-53)55-25-15-26-57-56-24-13-14-27-59(56)62(60(55)57)50-22-11-4-12-23-50/h1-42H. The summed E-state index contributed by atoms with van der Waals surface area (Å²) in [6, 6.07) is 91.9. The molecule has 62 heavy (non-hydrogen) atoms. The zero-order valence-electron chi connectivity index (χ0n) is 34.1. The summed E-state index contributed by atoms with van der Waals surface area (Å²) in [6.45, 7) is 0. The second kappa shape index (κ2) is 16.1. The molecule has 0 spiro atoms. The van der Waals surface area contributed by atoms with Crippen molar-refractivity contribution in [3.8, 4) is 61.3 Å². The van der Waals surface area contributed by atoms with Crippen LogP contribution in [0.1, 0.15) is 0 Å². The summed E-state index contributed by atoms with van der Waals surface area (Å²) in [4.78, 5) is 2.36. The van der Waals surface area contributed by atoms with Gasteiger partial charge in [-0.3, -0.25) is 0 Å². The number of rotatable bonds is 9. The van der Waals surface area contributed by atoms with E-state index in [4.69, 9.17) is 0 Å². The Kier molecular flexibility index (Phi) is 9.57. The monoisotopic (exact) mass is 790 g/mol. The molecule has 2 nitrogen and oxygen atoms in total. The van der Waals surface area contributed by atoms with Crippen LogP contribution in [0.15, 0.2) is 255 Å². The Hall–Kier alpha value is -8.20. The first-order valence-electron chi connectivity index (χ1n) is 21.3. The molecular weight excluding hydrogens is 749 g/mol. The van der Waals surface area contributed by atoms with E-state index < -0.39 is 0 Å². The van der Waals surface area contributed by atoms with Crippen LogP contribution in [-0.4, -0.2) is 4.57 Å². The smallest absolute Gasteiger partial charge is 0.0619 e. The molecule has 0 unspecified atom stereocenters. The Morgan fingerprint density at radius 3 is 1.27 bits per heavy atom. The normalized spacial score (nSPS) is 11.2. The minimum atomic E-state index is 1.09. The summed E-state index contributed by atoms with van der Waals surface area (Å²) < 4.78 is 2.41. The fourth-order valence-electron chi connectivity index (χ4n) is 9.02. The summed E-state index contributed by atoms with van der Waals surface area (Å²) >= 11 is 0. The number of hydrogen-bond acceptors (Lipinski definition) is 1. The first kappa shape index (κ1) is 36.8. The van der Waals surface area contributed by atoms with Gasteiger partial charge in [0.25, 0.3) is 0 Å².